The van der Waals surface area contributed by atoms with Crippen molar-refractivity contribution in [3.05, 3.63) is 0 Å². The molecular formula is C14H24N2O4. The van der Waals surface area contributed by atoms with E-state index in [4.69, 9.17) is 10.5 Å². The highest BCUT2D eigenvalue weighted by atomic mass is 16.5. The fraction of sp³-hybridized carbons (Fsp3) is 0.786. The molecule has 1 rings (SSSR count). The fourth-order valence-electron chi connectivity index (χ4n) is 2.62. The summed E-state index contributed by atoms with van der Waals surface area (Å²) in [6, 6.07) is -0.947. The molecule has 114 valence electrons. The van der Waals surface area contributed by atoms with E-state index in [2.05, 4.69) is 20.8 Å². The van der Waals surface area contributed by atoms with Gasteiger partial charge in [-0.3, -0.25) is 14.9 Å². The van der Waals surface area contributed by atoms with Crippen molar-refractivity contribution in [3.8, 4) is 0 Å². The van der Waals surface area contributed by atoms with Gasteiger partial charge >= 0.3 is 12.0 Å². The summed E-state index contributed by atoms with van der Waals surface area (Å²) in [5.74, 6) is -0.592. The van der Waals surface area contributed by atoms with E-state index in [0.717, 1.165) is 25.7 Å². The zero-order valence-electron chi connectivity index (χ0n) is 12.4. The summed E-state index contributed by atoms with van der Waals surface area (Å²) in [4.78, 5) is 33.4. The first kappa shape index (κ1) is 16.5. The van der Waals surface area contributed by atoms with Crippen LogP contribution in [0.1, 0.15) is 46.5 Å². The molecule has 6 heteroatoms. The second kappa shape index (κ2) is 6.72. The van der Waals surface area contributed by atoms with E-state index in [1.54, 1.807) is 0 Å². The highest BCUT2D eigenvalue weighted by Gasteiger charge is 2.33. The van der Waals surface area contributed by atoms with Gasteiger partial charge in [-0.05, 0) is 37.0 Å². The zero-order chi connectivity index (χ0) is 15.3. The highest BCUT2D eigenvalue weighted by molar-refractivity contribution is 5.94. The van der Waals surface area contributed by atoms with Crippen molar-refractivity contribution in [2.45, 2.75) is 46.5 Å². The molecule has 20 heavy (non-hydrogen) atoms. The van der Waals surface area contributed by atoms with Gasteiger partial charge in [0.2, 0.25) is 0 Å². The fourth-order valence-corrected chi connectivity index (χ4v) is 2.62. The van der Waals surface area contributed by atoms with Gasteiger partial charge in [0.25, 0.3) is 5.91 Å². The van der Waals surface area contributed by atoms with E-state index in [0.29, 0.717) is 5.92 Å². The number of primary amides is 1. The molecule has 1 aliphatic rings. The lowest BCUT2D eigenvalue weighted by atomic mass is 9.70. The van der Waals surface area contributed by atoms with E-state index in [1.807, 2.05) is 5.32 Å². The first-order valence-corrected chi connectivity index (χ1v) is 6.96. The van der Waals surface area contributed by atoms with Crippen LogP contribution in [0.3, 0.4) is 0 Å². The van der Waals surface area contributed by atoms with Crippen molar-refractivity contribution in [2.24, 2.45) is 23.0 Å². The monoisotopic (exact) mass is 284 g/mol. The number of ether oxygens (including phenoxy) is 1. The largest absolute Gasteiger partial charge is 0.455 e. The smallest absolute Gasteiger partial charge is 0.318 e. The number of esters is 1. The van der Waals surface area contributed by atoms with Crippen molar-refractivity contribution in [1.82, 2.24) is 5.32 Å². The lowest BCUT2D eigenvalue weighted by Gasteiger charge is -2.36. The first-order valence-electron chi connectivity index (χ1n) is 6.96. The summed E-state index contributed by atoms with van der Waals surface area (Å²) < 4.78 is 4.91. The summed E-state index contributed by atoms with van der Waals surface area (Å²) in [5.41, 5.74) is 5.05. The van der Waals surface area contributed by atoms with E-state index in [-0.39, 0.29) is 17.3 Å². The average molecular weight is 284 g/mol. The molecule has 0 saturated heterocycles. The van der Waals surface area contributed by atoms with E-state index < -0.39 is 18.5 Å². The Morgan fingerprint density at radius 2 is 1.70 bits per heavy atom. The van der Waals surface area contributed by atoms with Gasteiger partial charge in [0.05, 0.1) is 5.92 Å². The summed E-state index contributed by atoms with van der Waals surface area (Å²) in [6.07, 6.45) is 3.57. The number of imide groups is 1. The molecule has 3 amide bonds. The molecule has 0 aromatic carbocycles. The lowest BCUT2D eigenvalue weighted by molar-refractivity contribution is -0.153. The predicted octanol–water partition coefficient (Wildman–Crippen LogP) is 1.58. The van der Waals surface area contributed by atoms with Crippen molar-refractivity contribution < 1.29 is 19.1 Å². The number of carbonyl (C=O) groups excluding carboxylic acids is 3. The van der Waals surface area contributed by atoms with Gasteiger partial charge in [0, 0.05) is 0 Å². The Morgan fingerprint density at radius 3 is 2.15 bits per heavy atom. The van der Waals surface area contributed by atoms with Crippen LogP contribution in [-0.2, 0) is 14.3 Å². The second-order valence-corrected chi connectivity index (χ2v) is 6.43. The maximum Gasteiger partial charge on any atom is 0.318 e. The Bertz CT molecular complexity index is 379. The zero-order valence-corrected chi connectivity index (χ0v) is 12.4. The maximum absolute atomic E-state index is 11.8. The van der Waals surface area contributed by atoms with Crippen LogP contribution in [-0.4, -0.2) is 24.5 Å². The minimum atomic E-state index is -0.947. The molecule has 0 spiro atoms. The quantitative estimate of drug-likeness (QED) is 0.768. The minimum Gasteiger partial charge on any atom is -0.455 e. The number of nitrogens with one attached hydrogen (secondary N) is 1. The number of urea groups is 1. The molecule has 6 nitrogen and oxygen atoms in total. The number of hydrogen-bond donors (Lipinski definition) is 2. The van der Waals surface area contributed by atoms with Crippen molar-refractivity contribution >= 4 is 17.9 Å². The average Bonchev–Trinajstić information content (AvgIpc) is 2.34. The van der Waals surface area contributed by atoms with Crippen LogP contribution >= 0.6 is 0 Å². The van der Waals surface area contributed by atoms with Crippen LogP contribution in [0.15, 0.2) is 0 Å². The minimum absolute atomic E-state index is 0.144. The molecule has 0 aromatic heterocycles. The molecule has 0 aliphatic heterocycles. The number of hydrogen-bond acceptors (Lipinski definition) is 4. The summed E-state index contributed by atoms with van der Waals surface area (Å²) in [6.45, 7) is 6.18. The van der Waals surface area contributed by atoms with Crippen molar-refractivity contribution in [3.63, 3.8) is 0 Å². The molecule has 0 atom stereocenters. The third kappa shape index (κ3) is 5.19. The number of rotatable bonds is 3. The van der Waals surface area contributed by atoms with E-state index >= 15 is 0 Å². The van der Waals surface area contributed by atoms with Gasteiger partial charge in [0.15, 0.2) is 6.61 Å². The SMILES string of the molecule is CC(C)(C)C1CCC(C(=O)OCC(=O)NC(N)=O)CC1. The molecular weight excluding hydrogens is 260 g/mol. The topological polar surface area (TPSA) is 98.5 Å². The second-order valence-electron chi connectivity index (χ2n) is 6.43. The number of nitrogens with two attached hydrogens (primary N) is 1. The third-order valence-corrected chi connectivity index (χ3v) is 3.89. The normalized spacial score (nSPS) is 22.9. The molecule has 0 bridgehead atoms. The van der Waals surface area contributed by atoms with Gasteiger partial charge in [-0.2, -0.15) is 0 Å². The van der Waals surface area contributed by atoms with Crippen molar-refractivity contribution in [2.75, 3.05) is 6.61 Å². The number of amides is 3. The van der Waals surface area contributed by atoms with Gasteiger partial charge < -0.3 is 10.5 Å². The van der Waals surface area contributed by atoms with E-state index in [1.165, 1.54) is 0 Å². The Hall–Kier alpha value is -1.59. The van der Waals surface area contributed by atoms with Crippen LogP contribution in [0.25, 0.3) is 0 Å². The van der Waals surface area contributed by atoms with Crippen molar-refractivity contribution in [1.29, 1.82) is 0 Å². The third-order valence-electron chi connectivity index (χ3n) is 3.89. The Labute approximate surface area is 119 Å². The molecule has 0 heterocycles. The summed E-state index contributed by atoms with van der Waals surface area (Å²) in [7, 11) is 0. The molecule has 0 radical (unpaired) electrons. The van der Waals surface area contributed by atoms with Crippen LogP contribution in [0.2, 0.25) is 0 Å². The molecule has 3 N–H and O–H groups in total. The van der Waals surface area contributed by atoms with Gasteiger partial charge in [-0.25, -0.2) is 4.79 Å². The number of carbonyl (C=O) groups is 3. The standard InChI is InChI=1S/C14H24N2O4/c1-14(2,3)10-6-4-9(5-7-10)12(18)20-8-11(17)16-13(15)19/h9-10H,4-8H2,1-3H3,(H3,15,16,17,19). The molecule has 0 unspecified atom stereocenters. The van der Waals surface area contributed by atoms with Crippen LogP contribution in [0.4, 0.5) is 4.79 Å². The maximum atomic E-state index is 11.8. The molecule has 0 aromatic rings. The Morgan fingerprint density at radius 1 is 1.15 bits per heavy atom. The van der Waals surface area contributed by atoms with Crippen LogP contribution < -0.4 is 11.1 Å². The van der Waals surface area contributed by atoms with Crippen LogP contribution in [0.5, 0.6) is 0 Å². The van der Waals surface area contributed by atoms with E-state index in [9.17, 15) is 14.4 Å². The van der Waals surface area contributed by atoms with Gasteiger partial charge in [-0.1, -0.05) is 20.8 Å². The Kier molecular flexibility index (Phi) is 5.53. The summed E-state index contributed by atoms with van der Waals surface area (Å²) >= 11 is 0. The lowest BCUT2D eigenvalue weighted by Crippen LogP contribution is -2.38. The summed E-state index contributed by atoms with van der Waals surface area (Å²) in [5, 5.41) is 1.85. The van der Waals surface area contributed by atoms with Gasteiger partial charge in [0.1, 0.15) is 0 Å². The highest BCUT2D eigenvalue weighted by Crippen LogP contribution is 2.39. The van der Waals surface area contributed by atoms with Gasteiger partial charge in [-0.15, -0.1) is 0 Å². The molecule has 1 fully saturated rings. The predicted molar refractivity (Wildman–Crippen MR) is 73.6 cm³/mol. The molecule has 1 saturated carbocycles. The van der Waals surface area contributed by atoms with Crippen LogP contribution in [0, 0.1) is 17.3 Å². The molecule has 1 aliphatic carbocycles. The first-order chi connectivity index (χ1) is 9.20. The Balaban J connectivity index is 2.33.